The highest BCUT2D eigenvalue weighted by atomic mass is 16.6. The Bertz CT molecular complexity index is 1400. The van der Waals surface area contributed by atoms with Crippen LogP contribution in [0, 0.1) is 0 Å². The van der Waals surface area contributed by atoms with Gasteiger partial charge in [0.2, 0.25) is 0 Å². The van der Waals surface area contributed by atoms with Gasteiger partial charge in [-0.15, -0.1) is 0 Å². The van der Waals surface area contributed by atoms with E-state index in [0.717, 1.165) is 77.0 Å². The van der Waals surface area contributed by atoms with Crippen LogP contribution in [-0.2, 0) is 28.6 Å². The summed E-state index contributed by atoms with van der Waals surface area (Å²) in [6, 6.07) is -0.740. The summed E-state index contributed by atoms with van der Waals surface area (Å²) < 4.78 is 17.2. The number of hydrogen-bond acceptors (Lipinski definition) is 7. The van der Waals surface area contributed by atoms with Gasteiger partial charge in [-0.05, 0) is 96.3 Å². The molecule has 8 heteroatoms. The lowest BCUT2D eigenvalue weighted by Crippen LogP contribution is -2.55. The Morgan fingerprint density at radius 1 is 0.470 bits per heavy atom. The van der Waals surface area contributed by atoms with E-state index >= 15 is 0 Å². The summed E-state index contributed by atoms with van der Waals surface area (Å²) >= 11 is 0. The number of ether oxygens (including phenoxy) is 3. The lowest BCUT2D eigenvalue weighted by Gasteiger charge is -2.34. The third-order valence-corrected chi connectivity index (χ3v) is 11.2. The van der Waals surface area contributed by atoms with E-state index < -0.39 is 18.1 Å². The van der Waals surface area contributed by atoms with Gasteiger partial charge >= 0.3 is 11.9 Å². The van der Waals surface area contributed by atoms with Gasteiger partial charge in [0.05, 0.1) is 40.3 Å². The molecule has 0 aliphatic carbocycles. The maximum atomic E-state index is 12.8. The van der Waals surface area contributed by atoms with E-state index in [-0.39, 0.29) is 49.1 Å². The lowest BCUT2D eigenvalue weighted by atomic mass is 10.0. The third kappa shape index (κ3) is 45.4. The number of aliphatic carboxylic acids is 1. The number of rotatable bonds is 46. The fraction of sp³-hybridized carbons (Fsp3) is 0.672. The molecule has 2 unspecified atom stereocenters. The molecule has 0 aliphatic rings. The maximum Gasteiger partial charge on any atom is 0.306 e. The zero-order chi connectivity index (χ0) is 48.4. The first-order chi connectivity index (χ1) is 32.1. The summed E-state index contributed by atoms with van der Waals surface area (Å²) in [5.41, 5.74) is 0. The Balaban J connectivity index is 4.33. The van der Waals surface area contributed by atoms with Crippen LogP contribution in [0.1, 0.15) is 200 Å². The second kappa shape index (κ2) is 47.7. The number of hydrogen-bond donors (Lipinski definition) is 0. The molecule has 0 radical (unpaired) electrons. The Morgan fingerprint density at radius 3 is 1.29 bits per heavy atom. The number of unbranched alkanes of at least 4 members (excludes halogenated alkanes) is 16. The van der Waals surface area contributed by atoms with Crippen LogP contribution in [0.15, 0.2) is 97.2 Å². The van der Waals surface area contributed by atoms with Gasteiger partial charge < -0.3 is 28.6 Å². The van der Waals surface area contributed by atoms with Crippen molar-refractivity contribution in [3.63, 3.8) is 0 Å². The van der Waals surface area contributed by atoms with Crippen LogP contribution in [0.4, 0.5) is 0 Å². The van der Waals surface area contributed by atoms with Crippen LogP contribution >= 0.6 is 0 Å². The topological polar surface area (TPSA) is 102 Å². The van der Waals surface area contributed by atoms with Crippen LogP contribution in [0.5, 0.6) is 0 Å². The van der Waals surface area contributed by atoms with E-state index in [1.165, 1.54) is 83.5 Å². The summed E-state index contributed by atoms with van der Waals surface area (Å²) in [4.78, 5) is 37.1. The van der Waals surface area contributed by atoms with Crippen LogP contribution in [0.25, 0.3) is 0 Å². The molecule has 0 N–H and O–H groups in total. The number of carbonyl (C=O) groups excluding carboxylic acids is 3. The predicted molar refractivity (Wildman–Crippen MR) is 277 cm³/mol. The van der Waals surface area contributed by atoms with Crippen molar-refractivity contribution in [2.45, 2.75) is 212 Å². The van der Waals surface area contributed by atoms with Crippen LogP contribution < -0.4 is 5.11 Å². The molecule has 0 aromatic carbocycles. The highest BCUT2D eigenvalue weighted by Crippen LogP contribution is 2.14. The highest BCUT2D eigenvalue weighted by molar-refractivity contribution is 5.70. The van der Waals surface area contributed by atoms with Gasteiger partial charge in [0.1, 0.15) is 12.6 Å². The predicted octanol–water partition coefficient (Wildman–Crippen LogP) is 14.1. The smallest absolute Gasteiger partial charge is 0.306 e. The number of carboxylic acids is 1. The molecule has 0 rings (SSSR count). The molecule has 0 aliphatic heterocycles. The first kappa shape index (κ1) is 62.2. The highest BCUT2D eigenvalue weighted by Gasteiger charge is 2.25. The van der Waals surface area contributed by atoms with Gasteiger partial charge in [-0.1, -0.05) is 182 Å². The van der Waals surface area contributed by atoms with Crippen LogP contribution in [-0.4, -0.2) is 75.5 Å². The molecule has 376 valence electrons. The third-order valence-electron chi connectivity index (χ3n) is 11.2. The van der Waals surface area contributed by atoms with Gasteiger partial charge in [0, 0.05) is 19.3 Å². The van der Waals surface area contributed by atoms with Gasteiger partial charge in [0.15, 0.2) is 6.10 Å². The van der Waals surface area contributed by atoms with E-state index in [9.17, 15) is 19.5 Å². The SMILES string of the molecule is CC/C=C/C/C=C/C/C=C/CCCCCCCCCCCCCC(=O)OCC(COCCC(C(=O)[O-])[N+](C)(C)C)OC(=O)CCCC/C=C/C/C=C/C/C=C/C/C=C/C/C=C/CCCCC. The molecule has 0 saturated carbocycles. The first-order valence-corrected chi connectivity index (χ1v) is 26.3. The lowest BCUT2D eigenvalue weighted by molar-refractivity contribution is -0.889. The number of carboxylic acid groups (broad SMARTS) is 1. The Hall–Kier alpha value is -3.75. The quantitative estimate of drug-likeness (QED) is 0.0259. The Morgan fingerprint density at radius 2 is 0.848 bits per heavy atom. The van der Waals surface area contributed by atoms with E-state index in [1.807, 2.05) is 0 Å². The fourth-order valence-corrected chi connectivity index (χ4v) is 7.16. The van der Waals surface area contributed by atoms with Crippen molar-refractivity contribution < 1.29 is 38.2 Å². The zero-order valence-electron chi connectivity index (χ0n) is 42.8. The molecule has 0 spiro atoms. The van der Waals surface area contributed by atoms with Crippen molar-refractivity contribution in [1.29, 1.82) is 0 Å². The molecule has 0 aromatic rings. The molecule has 0 saturated heterocycles. The molecule has 0 fully saturated rings. The zero-order valence-corrected chi connectivity index (χ0v) is 42.8. The van der Waals surface area contributed by atoms with Crippen molar-refractivity contribution in [3.8, 4) is 0 Å². The first-order valence-electron chi connectivity index (χ1n) is 26.3. The molecule has 0 aromatic heterocycles. The Kier molecular flexibility index (Phi) is 45.0. The number of esters is 2. The number of carbonyl (C=O) groups is 3. The monoisotopic (exact) mass is 920 g/mol. The average molecular weight is 920 g/mol. The summed E-state index contributed by atoms with van der Waals surface area (Å²) in [5, 5.41) is 11.7. The normalized spacial score (nSPS) is 13.7. The van der Waals surface area contributed by atoms with Gasteiger partial charge in [-0.25, -0.2) is 0 Å². The molecular formula is C58H97NO7. The van der Waals surface area contributed by atoms with E-state index in [0.29, 0.717) is 12.8 Å². The van der Waals surface area contributed by atoms with Gasteiger partial charge in [-0.3, -0.25) is 9.59 Å². The number of allylic oxidation sites excluding steroid dienone is 16. The van der Waals surface area contributed by atoms with Gasteiger partial charge in [-0.2, -0.15) is 0 Å². The Labute approximate surface area is 405 Å². The van der Waals surface area contributed by atoms with Crippen molar-refractivity contribution in [2.24, 2.45) is 0 Å². The number of likely N-dealkylation sites (N-methyl/N-ethyl adjacent to an activating group) is 1. The standard InChI is InChI=1S/C58H97NO7/c1-6-8-10-12-14-16-18-20-22-24-26-28-30-32-34-36-38-40-42-44-46-48-56(60)65-53-54(52-64-51-50-55(58(62)63)59(3,4)5)66-57(61)49-47-45-43-41-39-37-35-33-31-29-27-25-23-21-19-17-15-13-11-9-7-2/h8,10,14-17,20-23,27,29,33,35,39,41,54-55H,6-7,9,11-13,18-19,24-26,28,30-32,34,36-38,40,42-53H2,1-5H3/b10-8+,16-14+,17-15+,22-20+,23-21+,29-27+,35-33+,41-39+. The fourth-order valence-electron chi connectivity index (χ4n) is 7.16. The largest absolute Gasteiger partial charge is 0.544 e. The molecule has 8 nitrogen and oxygen atoms in total. The van der Waals surface area contributed by atoms with E-state index in [1.54, 1.807) is 21.1 Å². The van der Waals surface area contributed by atoms with Crippen LogP contribution in [0.3, 0.4) is 0 Å². The van der Waals surface area contributed by atoms with E-state index in [4.69, 9.17) is 14.2 Å². The number of quaternary nitrogens is 1. The molecule has 66 heavy (non-hydrogen) atoms. The van der Waals surface area contributed by atoms with Crippen molar-refractivity contribution in [1.82, 2.24) is 0 Å². The maximum absolute atomic E-state index is 12.8. The minimum atomic E-state index is -1.14. The van der Waals surface area contributed by atoms with Crippen molar-refractivity contribution in [2.75, 3.05) is 41.0 Å². The van der Waals surface area contributed by atoms with Crippen LogP contribution in [0.2, 0.25) is 0 Å². The summed E-state index contributed by atoms with van der Waals surface area (Å²) in [6.07, 6.45) is 64.4. The average Bonchev–Trinajstić information content (AvgIpc) is 3.28. The second-order valence-corrected chi connectivity index (χ2v) is 18.4. The summed E-state index contributed by atoms with van der Waals surface area (Å²) in [7, 11) is 5.39. The molecule has 0 bridgehead atoms. The minimum Gasteiger partial charge on any atom is -0.544 e. The molecule has 0 amide bonds. The molecule has 0 heterocycles. The summed E-state index contributed by atoms with van der Waals surface area (Å²) in [6.45, 7) is 4.48. The van der Waals surface area contributed by atoms with Crippen molar-refractivity contribution >= 4 is 17.9 Å². The number of nitrogens with zero attached hydrogens (tertiary/aromatic N) is 1. The van der Waals surface area contributed by atoms with Gasteiger partial charge in [0.25, 0.3) is 0 Å². The molecule has 2 atom stereocenters. The summed E-state index contributed by atoms with van der Waals surface area (Å²) in [5.74, 6) is -1.80. The van der Waals surface area contributed by atoms with E-state index in [2.05, 4.69) is 111 Å². The molecular weight excluding hydrogens is 823 g/mol. The minimum absolute atomic E-state index is 0.0172. The van der Waals surface area contributed by atoms with Crippen molar-refractivity contribution in [3.05, 3.63) is 97.2 Å². The second-order valence-electron chi connectivity index (χ2n) is 18.4.